The second kappa shape index (κ2) is 8.25. The molecule has 3 aromatic rings. The van der Waals surface area contributed by atoms with Crippen LogP contribution in [0.3, 0.4) is 0 Å². The van der Waals surface area contributed by atoms with Gasteiger partial charge in [0.25, 0.3) is 0 Å². The number of pyridine rings is 1. The fourth-order valence-corrected chi connectivity index (χ4v) is 4.85. The fourth-order valence-electron chi connectivity index (χ4n) is 4.85. The Balaban J connectivity index is 1.52. The number of H-pyrrole nitrogens is 1. The maximum absolute atomic E-state index is 11.7. The molecule has 1 unspecified atom stereocenters. The Morgan fingerprint density at radius 2 is 1.73 bits per heavy atom. The number of aliphatic hydroxyl groups excluding tert-OH is 1. The molecule has 5 nitrogen and oxygen atoms in total. The summed E-state index contributed by atoms with van der Waals surface area (Å²) < 4.78 is 0. The lowest BCUT2D eigenvalue weighted by atomic mass is 9.97. The number of aryl methyl sites for hydroxylation is 3. The number of fused-ring (bicyclic) bond motifs is 2. The van der Waals surface area contributed by atoms with Crippen molar-refractivity contribution < 1.29 is 10.2 Å². The van der Waals surface area contributed by atoms with E-state index in [0.29, 0.717) is 11.9 Å². The highest BCUT2D eigenvalue weighted by atomic mass is 16.3. The molecule has 4 N–H and O–H groups in total. The molecule has 1 aromatic heterocycles. The molecule has 0 spiro atoms. The predicted molar refractivity (Wildman–Crippen MR) is 120 cm³/mol. The highest BCUT2D eigenvalue weighted by Gasteiger charge is 2.25. The van der Waals surface area contributed by atoms with Crippen molar-refractivity contribution in [2.75, 3.05) is 0 Å². The number of nitrogens with one attached hydrogen (secondary N) is 2. The molecule has 0 amide bonds. The second-order valence-corrected chi connectivity index (χ2v) is 8.39. The van der Waals surface area contributed by atoms with Crippen LogP contribution in [0.1, 0.15) is 47.2 Å². The number of phenols is 1. The van der Waals surface area contributed by atoms with E-state index in [-0.39, 0.29) is 17.4 Å². The number of phenolic OH excluding ortho intramolecular Hbond substituents is 1. The summed E-state index contributed by atoms with van der Waals surface area (Å²) in [6.45, 7) is 6.32. The van der Waals surface area contributed by atoms with Gasteiger partial charge >= 0.3 is 0 Å². The average molecular weight is 407 g/mol. The summed E-state index contributed by atoms with van der Waals surface area (Å²) in [5.41, 5.74) is 7.61. The van der Waals surface area contributed by atoms with Crippen LogP contribution in [0.2, 0.25) is 0 Å². The Bertz CT molecular complexity index is 1120. The van der Waals surface area contributed by atoms with E-state index < -0.39 is 6.23 Å². The topological polar surface area (TPSA) is 85.3 Å². The molecule has 30 heavy (non-hydrogen) atoms. The fraction of sp³-hybridized carbons (Fsp3) is 0.400. The van der Waals surface area contributed by atoms with Crippen molar-refractivity contribution in [3.63, 3.8) is 0 Å². The van der Waals surface area contributed by atoms with Crippen LogP contribution in [0.5, 0.6) is 5.75 Å². The molecule has 158 valence electrons. The van der Waals surface area contributed by atoms with Crippen molar-refractivity contribution in [2.24, 2.45) is 0 Å². The first-order valence-electron chi connectivity index (χ1n) is 10.8. The molecule has 0 saturated heterocycles. The van der Waals surface area contributed by atoms with Crippen molar-refractivity contribution in [1.82, 2.24) is 10.3 Å². The van der Waals surface area contributed by atoms with Gasteiger partial charge in [0, 0.05) is 23.9 Å². The number of hydrogen-bond acceptors (Lipinski definition) is 4. The Morgan fingerprint density at radius 3 is 2.33 bits per heavy atom. The molecule has 0 radical (unpaired) electrons. The van der Waals surface area contributed by atoms with Crippen LogP contribution >= 0.6 is 0 Å². The zero-order valence-corrected chi connectivity index (χ0v) is 17.9. The van der Waals surface area contributed by atoms with E-state index in [1.54, 1.807) is 12.1 Å². The predicted octanol–water partition coefficient (Wildman–Crippen LogP) is 3.28. The van der Waals surface area contributed by atoms with Crippen LogP contribution in [0.4, 0.5) is 0 Å². The highest BCUT2D eigenvalue weighted by molar-refractivity contribution is 5.88. The zero-order valence-electron chi connectivity index (χ0n) is 17.9. The second-order valence-electron chi connectivity index (χ2n) is 8.39. The molecular weight excluding hydrogens is 376 g/mol. The van der Waals surface area contributed by atoms with Gasteiger partial charge in [0.2, 0.25) is 5.56 Å². The number of hydrogen-bond donors (Lipinski definition) is 4. The Hall–Kier alpha value is -2.63. The van der Waals surface area contributed by atoms with E-state index in [2.05, 4.69) is 36.3 Å². The van der Waals surface area contributed by atoms with Crippen LogP contribution in [-0.2, 0) is 32.1 Å². The van der Waals surface area contributed by atoms with E-state index in [1.165, 1.54) is 28.3 Å². The summed E-state index contributed by atoms with van der Waals surface area (Å²) in [6.07, 6.45) is 3.64. The first-order chi connectivity index (χ1) is 14.4. The first kappa shape index (κ1) is 20.6. The lowest BCUT2D eigenvalue weighted by Crippen LogP contribution is -2.40. The Kier molecular flexibility index (Phi) is 5.67. The molecule has 1 heterocycles. The first-order valence-corrected chi connectivity index (χ1v) is 10.8. The molecule has 0 aliphatic heterocycles. The number of rotatable bonds is 6. The maximum Gasteiger partial charge on any atom is 0.248 e. The monoisotopic (exact) mass is 406 g/mol. The van der Waals surface area contributed by atoms with Crippen molar-refractivity contribution in [3.8, 4) is 5.75 Å². The summed E-state index contributed by atoms with van der Waals surface area (Å²) in [4.78, 5) is 14.4. The summed E-state index contributed by atoms with van der Waals surface area (Å²) >= 11 is 0. The third-order valence-corrected chi connectivity index (χ3v) is 6.37. The van der Waals surface area contributed by atoms with Crippen LogP contribution in [0, 0.1) is 6.92 Å². The Labute approximate surface area is 176 Å². The van der Waals surface area contributed by atoms with E-state index in [4.69, 9.17) is 0 Å². The molecule has 2 aromatic carbocycles. The van der Waals surface area contributed by atoms with Gasteiger partial charge in [-0.3, -0.25) is 10.1 Å². The van der Waals surface area contributed by atoms with Gasteiger partial charge in [-0.25, -0.2) is 0 Å². The van der Waals surface area contributed by atoms with Crippen molar-refractivity contribution in [1.29, 1.82) is 0 Å². The molecule has 1 aliphatic rings. The molecule has 1 aliphatic carbocycles. The summed E-state index contributed by atoms with van der Waals surface area (Å²) in [5.74, 6) is 0.0519. The lowest BCUT2D eigenvalue weighted by molar-refractivity contribution is 0.123. The van der Waals surface area contributed by atoms with Crippen molar-refractivity contribution in [3.05, 3.63) is 74.1 Å². The van der Waals surface area contributed by atoms with E-state index in [0.717, 1.165) is 42.2 Å². The van der Waals surface area contributed by atoms with Gasteiger partial charge in [0.1, 0.15) is 12.0 Å². The highest BCUT2D eigenvalue weighted by Crippen LogP contribution is 2.30. The smallest absolute Gasteiger partial charge is 0.248 e. The number of benzene rings is 2. The summed E-state index contributed by atoms with van der Waals surface area (Å²) in [5, 5.41) is 25.2. The Morgan fingerprint density at radius 1 is 1.10 bits per heavy atom. The number of aromatic hydroxyl groups is 1. The minimum absolute atomic E-state index is 0.0519. The van der Waals surface area contributed by atoms with Gasteiger partial charge in [-0.05, 0) is 78.1 Å². The summed E-state index contributed by atoms with van der Waals surface area (Å²) in [7, 11) is 0. The van der Waals surface area contributed by atoms with Gasteiger partial charge in [0.05, 0.1) is 5.52 Å². The average Bonchev–Trinajstić information content (AvgIpc) is 3.10. The van der Waals surface area contributed by atoms with Crippen LogP contribution in [0.15, 0.2) is 35.1 Å². The molecule has 0 fully saturated rings. The van der Waals surface area contributed by atoms with Crippen molar-refractivity contribution >= 4 is 10.9 Å². The van der Waals surface area contributed by atoms with Gasteiger partial charge in [-0.2, -0.15) is 0 Å². The molecule has 0 bridgehead atoms. The van der Waals surface area contributed by atoms with E-state index in [1.807, 2.05) is 6.92 Å². The molecular formula is C25H30N2O3. The lowest BCUT2D eigenvalue weighted by Gasteiger charge is -2.20. The summed E-state index contributed by atoms with van der Waals surface area (Å²) in [6, 6.07) is 9.70. The van der Waals surface area contributed by atoms with Crippen LogP contribution in [-0.4, -0.2) is 27.5 Å². The SMILES string of the molecule is CCc1cc2c(cc1CC)CC(NC(O)Cc1c(C)cc(O)c3[nH]c(=O)ccc13)C2. The normalized spacial score (nSPS) is 14.9. The van der Waals surface area contributed by atoms with Crippen molar-refractivity contribution in [2.45, 2.75) is 65.1 Å². The van der Waals surface area contributed by atoms with Gasteiger partial charge in [-0.1, -0.05) is 26.0 Å². The van der Waals surface area contributed by atoms with Gasteiger partial charge < -0.3 is 15.2 Å². The van der Waals surface area contributed by atoms with Crippen LogP contribution < -0.4 is 10.9 Å². The van der Waals surface area contributed by atoms with Gasteiger partial charge in [0.15, 0.2) is 0 Å². The molecule has 5 heteroatoms. The van der Waals surface area contributed by atoms with Gasteiger partial charge in [-0.15, -0.1) is 0 Å². The minimum atomic E-state index is -0.709. The number of aliphatic hydroxyl groups is 1. The standard InChI is InChI=1S/C25H30N2O3/c1-4-15-9-17-11-19(12-18(17)10-16(15)5-2)26-24(30)13-21-14(3)8-22(28)25-20(21)6-7-23(29)27-25/h6-10,19,24,26,28,30H,4-5,11-13H2,1-3H3,(H,27,29). The zero-order chi connectivity index (χ0) is 21.4. The minimum Gasteiger partial charge on any atom is -0.506 e. The third kappa shape index (κ3) is 3.87. The quantitative estimate of drug-likeness (QED) is 0.473. The van der Waals surface area contributed by atoms with Crippen LogP contribution in [0.25, 0.3) is 10.9 Å². The molecule has 4 rings (SSSR count). The molecule has 1 atom stereocenters. The number of aromatic amines is 1. The molecule has 0 saturated carbocycles. The largest absolute Gasteiger partial charge is 0.506 e. The number of aromatic nitrogens is 1. The van der Waals surface area contributed by atoms with E-state index in [9.17, 15) is 15.0 Å². The maximum atomic E-state index is 11.7. The van der Waals surface area contributed by atoms with E-state index >= 15 is 0 Å². The third-order valence-electron chi connectivity index (χ3n) is 6.37.